The number of carbonyl (C=O) groups is 2. The van der Waals surface area contributed by atoms with E-state index in [4.69, 9.17) is 0 Å². The molecule has 0 spiro atoms. The number of hydrogen-bond donors (Lipinski definition) is 1. The van der Waals surface area contributed by atoms with Gasteiger partial charge in [-0.1, -0.05) is 65.4 Å². The van der Waals surface area contributed by atoms with Gasteiger partial charge in [0, 0.05) is 5.56 Å². The summed E-state index contributed by atoms with van der Waals surface area (Å²) in [7, 11) is 0. The predicted octanol–water partition coefficient (Wildman–Crippen LogP) is 5.85. The number of hydrogen-bond acceptors (Lipinski definition) is 5. The molecular weight excluding hydrogens is 432 g/mol. The maximum Gasteiger partial charge on any atom is 0.301 e. The van der Waals surface area contributed by atoms with Crippen LogP contribution in [-0.2, 0) is 9.59 Å². The Hall–Kier alpha value is -3.77. The minimum absolute atomic E-state index is 0.0790. The average Bonchev–Trinajstić information content (AvgIpc) is 3.33. The average molecular weight is 455 g/mol. The lowest BCUT2D eigenvalue weighted by atomic mass is 9.93. The van der Waals surface area contributed by atoms with Crippen molar-refractivity contribution in [2.45, 2.75) is 26.8 Å². The number of anilines is 1. The molecule has 1 atom stereocenters. The highest BCUT2D eigenvalue weighted by Crippen LogP contribution is 2.44. The molecule has 1 aliphatic heterocycles. The molecule has 1 amide bonds. The van der Waals surface area contributed by atoms with Crippen LogP contribution in [0.25, 0.3) is 16.0 Å². The molecule has 5 rings (SSSR count). The molecule has 3 aromatic carbocycles. The van der Waals surface area contributed by atoms with Crippen LogP contribution in [0.4, 0.5) is 5.13 Å². The van der Waals surface area contributed by atoms with Gasteiger partial charge in [0.25, 0.3) is 5.78 Å². The van der Waals surface area contributed by atoms with Crippen molar-refractivity contribution in [1.29, 1.82) is 0 Å². The molecule has 0 radical (unpaired) electrons. The minimum Gasteiger partial charge on any atom is -0.507 e. The summed E-state index contributed by atoms with van der Waals surface area (Å²) >= 11 is 1.37. The van der Waals surface area contributed by atoms with Crippen molar-refractivity contribution in [3.8, 4) is 0 Å². The second-order valence-corrected chi connectivity index (χ2v) is 9.37. The van der Waals surface area contributed by atoms with E-state index in [2.05, 4.69) is 4.98 Å². The summed E-state index contributed by atoms with van der Waals surface area (Å²) in [4.78, 5) is 32.7. The van der Waals surface area contributed by atoms with E-state index < -0.39 is 17.7 Å². The second kappa shape index (κ2) is 7.98. The number of thiazole rings is 1. The minimum atomic E-state index is -0.771. The Balaban J connectivity index is 1.75. The van der Waals surface area contributed by atoms with Gasteiger partial charge in [0.15, 0.2) is 5.13 Å². The van der Waals surface area contributed by atoms with E-state index in [1.54, 1.807) is 0 Å². The first-order valence-corrected chi connectivity index (χ1v) is 11.5. The number of ketones is 1. The smallest absolute Gasteiger partial charge is 0.301 e. The molecule has 1 saturated heterocycles. The zero-order valence-electron chi connectivity index (χ0n) is 18.5. The highest BCUT2D eigenvalue weighted by Gasteiger charge is 2.48. The molecule has 0 bridgehead atoms. The van der Waals surface area contributed by atoms with Crippen LogP contribution in [0.2, 0.25) is 0 Å². The predicted molar refractivity (Wildman–Crippen MR) is 131 cm³/mol. The maximum absolute atomic E-state index is 13.3. The number of aliphatic hydroxyl groups excluding tert-OH is 1. The van der Waals surface area contributed by atoms with E-state index in [9.17, 15) is 14.7 Å². The van der Waals surface area contributed by atoms with Crippen LogP contribution in [0.1, 0.15) is 33.9 Å². The lowest BCUT2D eigenvalue weighted by Gasteiger charge is -2.23. The summed E-state index contributed by atoms with van der Waals surface area (Å²) < 4.78 is 0.938. The summed E-state index contributed by atoms with van der Waals surface area (Å²) in [6.07, 6.45) is 0. The van der Waals surface area contributed by atoms with Crippen molar-refractivity contribution in [3.63, 3.8) is 0 Å². The van der Waals surface area contributed by atoms with Crippen LogP contribution in [-0.4, -0.2) is 21.8 Å². The molecule has 1 aliphatic rings. The Morgan fingerprint density at radius 2 is 1.64 bits per heavy atom. The number of aliphatic hydroxyl groups is 1. The molecule has 33 heavy (non-hydrogen) atoms. The van der Waals surface area contributed by atoms with Crippen molar-refractivity contribution in [2.24, 2.45) is 0 Å². The highest BCUT2D eigenvalue weighted by molar-refractivity contribution is 7.22. The zero-order chi connectivity index (χ0) is 23.3. The Morgan fingerprint density at radius 3 is 2.39 bits per heavy atom. The summed E-state index contributed by atoms with van der Waals surface area (Å²) in [6.45, 7) is 5.80. The zero-order valence-corrected chi connectivity index (χ0v) is 19.3. The Kier molecular flexibility index (Phi) is 5.10. The number of rotatable bonds is 3. The van der Waals surface area contributed by atoms with E-state index in [1.165, 1.54) is 16.2 Å². The largest absolute Gasteiger partial charge is 0.507 e. The SMILES string of the molecule is Cc1ccc(C)c(C(O)=C2C(=O)C(=O)N(c3nc4ccc(C)cc4s3)C2c2ccccc2)c1. The Bertz CT molecular complexity index is 1450. The summed E-state index contributed by atoms with van der Waals surface area (Å²) in [5.41, 5.74) is 5.00. The van der Waals surface area contributed by atoms with Gasteiger partial charge in [0.1, 0.15) is 5.76 Å². The van der Waals surface area contributed by atoms with Gasteiger partial charge in [-0.05, 0) is 55.7 Å². The van der Waals surface area contributed by atoms with Crippen molar-refractivity contribution in [2.75, 3.05) is 4.90 Å². The van der Waals surface area contributed by atoms with Gasteiger partial charge in [0.05, 0.1) is 21.8 Å². The summed E-state index contributed by atoms with van der Waals surface area (Å²) in [5, 5.41) is 11.8. The topological polar surface area (TPSA) is 70.5 Å². The molecule has 1 fully saturated rings. The number of nitrogens with zero attached hydrogens (tertiary/aromatic N) is 2. The van der Waals surface area contributed by atoms with Gasteiger partial charge in [0.2, 0.25) is 0 Å². The standard InChI is InChI=1S/C27H22N2O3S/c1-15-9-11-17(3)19(13-15)24(30)22-23(18-7-5-4-6-8-18)29(26(32)25(22)31)27-28-20-12-10-16(2)14-21(20)33-27/h4-14,23,30H,1-3H3. The van der Waals surface area contributed by atoms with Crippen LogP contribution in [0, 0.1) is 20.8 Å². The van der Waals surface area contributed by atoms with Gasteiger partial charge >= 0.3 is 5.91 Å². The molecule has 1 unspecified atom stereocenters. The summed E-state index contributed by atoms with van der Waals surface area (Å²) in [5.74, 6) is -1.56. The van der Waals surface area contributed by atoms with Gasteiger partial charge in [-0.3, -0.25) is 14.5 Å². The first-order valence-electron chi connectivity index (χ1n) is 10.7. The molecule has 2 heterocycles. The van der Waals surface area contributed by atoms with Crippen LogP contribution >= 0.6 is 11.3 Å². The van der Waals surface area contributed by atoms with Crippen molar-refractivity contribution in [1.82, 2.24) is 4.98 Å². The lowest BCUT2D eigenvalue weighted by molar-refractivity contribution is -0.132. The molecule has 1 aromatic heterocycles. The van der Waals surface area contributed by atoms with Crippen molar-refractivity contribution < 1.29 is 14.7 Å². The van der Waals surface area contributed by atoms with Crippen LogP contribution in [0.3, 0.4) is 0 Å². The molecule has 1 N–H and O–H groups in total. The van der Waals surface area contributed by atoms with Gasteiger partial charge in [-0.2, -0.15) is 0 Å². The number of benzene rings is 3. The number of aryl methyl sites for hydroxylation is 3. The highest BCUT2D eigenvalue weighted by atomic mass is 32.1. The van der Waals surface area contributed by atoms with Crippen LogP contribution < -0.4 is 4.90 Å². The fourth-order valence-electron chi connectivity index (χ4n) is 4.24. The van der Waals surface area contributed by atoms with E-state index >= 15 is 0 Å². The molecule has 4 aromatic rings. The van der Waals surface area contributed by atoms with Crippen LogP contribution in [0.15, 0.2) is 72.3 Å². The number of Topliss-reactive ketones (excluding diaryl/α,β-unsaturated/α-hetero) is 1. The monoisotopic (exact) mass is 454 g/mol. The molecule has 164 valence electrons. The van der Waals surface area contributed by atoms with E-state index in [-0.39, 0.29) is 11.3 Å². The third-order valence-electron chi connectivity index (χ3n) is 5.95. The lowest BCUT2D eigenvalue weighted by Crippen LogP contribution is -2.29. The molecule has 6 heteroatoms. The van der Waals surface area contributed by atoms with Gasteiger partial charge in [-0.15, -0.1) is 0 Å². The number of aromatic nitrogens is 1. The fraction of sp³-hybridized carbons (Fsp3) is 0.148. The molecular formula is C27H22N2O3S. The summed E-state index contributed by atoms with van der Waals surface area (Å²) in [6, 6.07) is 20.1. The first-order chi connectivity index (χ1) is 15.8. The maximum atomic E-state index is 13.3. The first kappa shape index (κ1) is 21.1. The van der Waals surface area contributed by atoms with E-state index in [0.717, 1.165) is 32.5 Å². The van der Waals surface area contributed by atoms with Crippen molar-refractivity contribution in [3.05, 3.63) is 100 Å². The fourth-order valence-corrected chi connectivity index (χ4v) is 5.33. The third-order valence-corrected chi connectivity index (χ3v) is 6.96. The number of fused-ring (bicyclic) bond motifs is 1. The quantitative estimate of drug-likeness (QED) is 0.240. The van der Waals surface area contributed by atoms with E-state index in [0.29, 0.717) is 10.7 Å². The number of carbonyl (C=O) groups excluding carboxylic acids is 2. The van der Waals surface area contributed by atoms with Crippen LogP contribution in [0.5, 0.6) is 0 Å². The number of amides is 1. The Labute approximate surface area is 195 Å². The van der Waals surface area contributed by atoms with Gasteiger partial charge < -0.3 is 5.11 Å². The Morgan fingerprint density at radius 1 is 0.939 bits per heavy atom. The van der Waals surface area contributed by atoms with Gasteiger partial charge in [-0.25, -0.2) is 4.98 Å². The molecule has 0 aliphatic carbocycles. The second-order valence-electron chi connectivity index (χ2n) is 8.37. The normalized spacial score (nSPS) is 17.8. The van der Waals surface area contributed by atoms with Crippen molar-refractivity contribution >= 4 is 44.1 Å². The third kappa shape index (κ3) is 3.52. The van der Waals surface area contributed by atoms with E-state index in [1.807, 2.05) is 87.5 Å². The molecule has 0 saturated carbocycles. The molecule has 5 nitrogen and oxygen atoms in total.